The van der Waals surface area contributed by atoms with E-state index in [1.807, 2.05) is 0 Å². The molecule has 1 aliphatic heterocycles. The number of hydrogen-bond acceptors (Lipinski definition) is 10. The molecule has 3 aliphatic carbocycles. The molecule has 2 saturated carbocycles. The summed E-state index contributed by atoms with van der Waals surface area (Å²) in [6, 6.07) is 3.30. The van der Waals surface area contributed by atoms with Crippen LogP contribution < -0.4 is 0 Å². The largest absolute Gasteiger partial charge is 0.469 e. The molecule has 0 unspecified atom stereocenters. The summed E-state index contributed by atoms with van der Waals surface area (Å²) in [6.45, 7) is 9.92. The summed E-state index contributed by atoms with van der Waals surface area (Å²) < 4.78 is 22.7. The average Bonchev–Trinajstić information content (AvgIpc) is 3.41. The normalized spacial score (nSPS) is 39.0. The van der Waals surface area contributed by atoms with E-state index >= 15 is 0 Å². The van der Waals surface area contributed by atoms with Crippen LogP contribution >= 0.6 is 0 Å². The molecule has 3 fully saturated rings. The third-order valence-corrected chi connectivity index (χ3v) is 10.5. The van der Waals surface area contributed by atoms with Crippen molar-refractivity contribution in [3.8, 4) is 0 Å². The predicted octanol–water partition coefficient (Wildman–Crippen LogP) is 2.58. The topological polar surface area (TPSA) is 153 Å². The summed E-state index contributed by atoms with van der Waals surface area (Å²) >= 11 is 0. The Bertz CT molecular complexity index is 1240. The van der Waals surface area contributed by atoms with Crippen molar-refractivity contribution in [3.63, 3.8) is 0 Å². The Kier molecular flexibility index (Phi) is 8.90. The molecule has 2 heterocycles. The molecule has 11 heteroatoms. The number of aliphatic hydroxyl groups excluding tert-OH is 1. The number of carbonyl (C=O) groups excluding carboxylic acids is 3. The number of ketones is 1. The van der Waals surface area contributed by atoms with Crippen molar-refractivity contribution in [2.45, 2.75) is 109 Å². The van der Waals surface area contributed by atoms with Crippen molar-refractivity contribution >= 4 is 17.7 Å². The van der Waals surface area contributed by atoms with Gasteiger partial charge in [-0.25, -0.2) is 4.79 Å². The molecular formula is C30H40AcO10. The number of Topliss-reactive ketones (excluding diaryl/α,β-unsaturated/α-hetero) is 1. The molecule has 41 heavy (non-hydrogen) atoms. The first-order valence-electron chi connectivity index (χ1n) is 14.0. The number of esters is 2. The Morgan fingerprint density at radius 3 is 2.41 bits per heavy atom. The minimum absolute atomic E-state index is 0. The van der Waals surface area contributed by atoms with Crippen LogP contribution in [0.3, 0.4) is 0 Å². The van der Waals surface area contributed by atoms with Gasteiger partial charge in [0.1, 0.15) is 35.0 Å². The van der Waals surface area contributed by atoms with E-state index in [9.17, 15) is 29.7 Å². The second-order valence-electron chi connectivity index (χ2n) is 12.9. The summed E-state index contributed by atoms with van der Waals surface area (Å²) in [5.41, 5.74) is -4.31. The first kappa shape index (κ1) is 32.8. The second kappa shape index (κ2) is 11.1. The third kappa shape index (κ3) is 4.91. The molecule has 1 saturated heterocycles. The summed E-state index contributed by atoms with van der Waals surface area (Å²) in [7, 11) is 0. The minimum Gasteiger partial charge on any atom is -0.469 e. The van der Waals surface area contributed by atoms with Crippen molar-refractivity contribution in [2.24, 2.45) is 16.7 Å². The molecule has 5 rings (SSSR count). The standard InChI is InChI=1S/C30H40O10.Ac/c1-15-18-12-21(32)28(6)10-9-22-29(35,14-38-22)24(28)25(39-17(3)31)30(36,27(18,4)5)13-20(15)40-26(34)23(33)16(2)19-8-7-11-37-19;/h7-8,11,16,20,22-25,33,35-36H,9-10,12-14H2,1-6H3;/t16-,20-,22+,23+,24-,25-,28-,29-,30+;/m0./s1. The number of carbonyl (C=O) groups is 3. The number of aliphatic hydroxyl groups is 3. The number of rotatable bonds is 5. The van der Waals surface area contributed by atoms with Crippen LogP contribution in [0.5, 0.6) is 0 Å². The number of ether oxygens (including phenoxy) is 3. The number of fused-ring (bicyclic) bond motifs is 5. The van der Waals surface area contributed by atoms with Gasteiger partial charge in [0.15, 0.2) is 6.10 Å². The van der Waals surface area contributed by atoms with E-state index in [0.29, 0.717) is 29.7 Å². The molecule has 2 bridgehead atoms. The van der Waals surface area contributed by atoms with Crippen molar-refractivity contribution in [1.82, 2.24) is 0 Å². The Balaban J connectivity index is 0.00000387. The van der Waals surface area contributed by atoms with Crippen LogP contribution in [-0.2, 0) is 28.6 Å². The first-order valence-corrected chi connectivity index (χ1v) is 14.0. The van der Waals surface area contributed by atoms with E-state index in [2.05, 4.69) is 0 Å². The van der Waals surface area contributed by atoms with Gasteiger partial charge in [-0.15, -0.1) is 0 Å². The quantitative estimate of drug-likeness (QED) is 0.300. The summed E-state index contributed by atoms with van der Waals surface area (Å²) in [4.78, 5) is 39.8. The molecular weight excluding hydrogens is 747 g/mol. The zero-order valence-corrected chi connectivity index (χ0v) is 29.3. The van der Waals surface area contributed by atoms with E-state index in [4.69, 9.17) is 18.6 Å². The van der Waals surface area contributed by atoms with E-state index in [1.165, 1.54) is 13.2 Å². The Hall–Kier alpha value is -1.09. The third-order valence-electron chi connectivity index (χ3n) is 10.5. The van der Waals surface area contributed by atoms with Gasteiger partial charge in [-0.2, -0.15) is 0 Å². The van der Waals surface area contributed by atoms with E-state index < -0.39 is 70.2 Å². The average molecular weight is 788 g/mol. The predicted molar refractivity (Wildman–Crippen MR) is 140 cm³/mol. The second-order valence-corrected chi connectivity index (χ2v) is 12.9. The molecule has 3 N–H and O–H groups in total. The van der Waals surface area contributed by atoms with E-state index in [-0.39, 0.29) is 69.3 Å². The van der Waals surface area contributed by atoms with Crippen LogP contribution in [0.1, 0.15) is 78.9 Å². The molecule has 1 aromatic rings. The molecule has 10 nitrogen and oxygen atoms in total. The van der Waals surface area contributed by atoms with Gasteiger partial charge in [-0.1, -0.05) is 33.3 Å². The van der Waals surface area contributed by atoms with E-state index in [0.717, 1.165) is 0 Å². The van der Waals surface area contributed by atoms with Crippen molar-refractivity contribution in [2.75, 3.05) is 6.61 Å². The minimum atomic E-state index is -1.84. The van der Waals surface area contributed by atoms with Gasteiger partial charge in [-0.05, 0) is 37.5 Å². The van der Waals surface area contributed by atoms with Crippen LogP contribution in [-0.4, -0.2) is 75.3 Å². The maximum atomic E-state index is 14.1. The summed E-state index contributed by atoms with van der Waals surface area (Å²) in [6.07, 6.45) is -2.28. The fraction of sp³-hybridized carbons (Fsp3) is 0.700. The number of hydrogen-bond donors (Lipinski definition) is 3. The van der Waals surface area contributed by atoms with Crippen molar-refractivity contribution in [3.05, 3.63) is 35.3 Å². The SMILES string of the molecule is CC(=O)O[C@H]1[C@@H]2[C@]3(O)CO[C@@H]3CC[C@@]2(C)C(=O)CC2=C(C)[C@@H](OC(=O)[C@H](O)[C@@H](C)c3ccco3)C[C@]1(O)C2(C)C.[Ac]. The maximum absolute atomic E-state index is 14.1. The van der Waals surface area contributed by atoms with Crippen LogP contribution in [0.2, 0.25) is 0 Å². The molecule has 0 aromatic carbocycles. The molecule has 0 spiro atoms. The van der Waals surface area contributed by atoms with Crippen LogP contribution in [0, 0.1) is 60.8 Å². The Morgan fingerprint density at radius 1 is 1.17 bits per heavy atom. The molecule has 1 radical (unpaired) electrons. The molecule has 223 valence electrons. The first-order chi connectivity index (χ1) is 18.6. The van der Waals surface area contributed by atoms with Gasteiger partial charge in [0, 0.05) is 80.6 Å². The van der Waals surface area contributed by atoms with Gasteiger partial charge in [0.25, 0.3) is 0 Å². The maximum Gasteiger partial charge on any atom is 0.336 e. The zero-order valence-electron chi connectivity index (χ0n) is 24.5. The monoisotopic (exact) mass is 787 g/mol. The molecule has 1 aromatic heterocycles. The van der Waals surface area contributed by atoms with Gasteiger partial charge in [0.2, 0.25) is 0 Å². The molecule has 0 amide bonds. The fourth-order valence-electron chi connectivity index (χ4n) is 7.75. The summed E-state index contributed by atoms with van der Waals surface area (Å²) in [5, 5.41) is 35.3. The van der Waals surface area contributed by atoms with Crippen molar-refractivity contribution in [1.29, 1.82) is 0 Å². The van der Waals surface area contributed by atoms with Crippen LogP contribution in [0.25, 0.3) is 0 Å². The summed E-state index contributed by atoms with van der Waals surface area (Å²) in [5.74, 6) is -2.94. The molecule has 4 aliphatic rings. The van der Waals surface area contributed by atoms with Crippen LogP contribution in [0.15, 0.2) is 34.0 Å². The number of furan rings is 1. The van der Waals surface area contributed by atoms with Gasteiger partial charge >= 0.3 is 11.9 Å². The molecule has 9 atom stereocenters. The van der Waals surface area contributed by atoms with Crippen LogP contribution in [0.4, 0.5) is 0 Å². The Morgan fingerprint density at radius 2 is 1.85 bits per heavy atom. The van der Waals surface area contributed by atoms with Gasteiger partial charge in [-0.3, -0.25) is 9.59 Å². The fourth-order valence-corrected chi connectivity index (χ4v) is 7.75. The van der Waals surface area contributed by atoms with E-state index in [1.54, 1.807) is 46.8 Å². The Labute approximate surface area is 275 Å². The zero-order chi connectivity index (χ0) is 29.4. The van der Waals surface area contributed by atoms with Crippen molar-refractivity contribution < 1.29 is 92.4 Å². The van der Waals surface area contributed by atoms with Gasteiger partial charge in [0.05, 0.1) is 24.9 Å². The smallest absolute Gasteiger partial charge is 0.336 e. The van der Waals surface area contributed by atoms with Gasteiger partial charge < -0.3 is 33.9 Å².